The maximum absolute atomic E-state index is 12.3. The molecule has 0 spiro atoms. The van der Waals surface area contributed by atoms with Gasteiger partial charge in [-0.05, 0) is 56.1 Å². The number of nitrogens with one attached hydrogen (secondary N) is 1. The van der Waals surface area contributed by atoms with Gasteiger partial charge in [0, 0.05) is 20.2 Å². The number of aromatic nitrogens is 1. The van der Waals surface area contributed by atoms with E-state index >= 15 is 0 Å². The molecule has 20 heavy (non-hydrogen) atoms. The molecule has 2 rings (SSSR count). The largest absolute Gasteiger partial charge is 0.278 e. The molecule has 1 aromatic carbocycles. The minimum absolute atomic E-state index is 0.106. The lowest BCUT2D eigenvalue weighted by atomic mass is 10.3. The number of sulfonamides is 1. The van der Waals surface area contributed by atoms with Crippen LogP contribution in [0.4, 0.5) is 5.69 Å². The zero-order chi connectivity index (χ0) is 14.9. The van der Waals surface area contributed by atoms with Crippen LogP contribution in [0.3, 0.4) is 0 Å². The number of halogens is 4. The van der Waals surface area contributed by atoms with E-state index < -0.39 is 10.0 Å². The zero-order valence-corrected chi connectivity index (χ0v) is 15.1. The normalized spacial score (nSPS) is 11.4. The molecule has 0 unspecified atom stereocenters. The maximum atomic E-state index is 12.3. The first-order valence-corrected chi connectivity index (χ1v) is 8.91. The van der Waals surface area contributed by atoms with Gasteiger partial charge in [-0.3, -0.25) is 4.72 Å². The second-order valence-electron chi connectivity index (χ2n) is 3.67. The Kier molecular flexibility index (Phi) is 4.96. The predicted octanol–water partition coefficient (Wildman–Crippen LogP) is 4.71. The Morgan fingerprint density at radius 3 is 2.50 bits per heavy atom. The zero-order valence-electron chi connectivity index (χ0n) is 9.57. The van der Waals surface area contributed by atoms with Crippen LogP contribution in [0.15, 0.2) is 44.3 Å². The summed E-state index contributed by atoms with van der Waals surface area (Å²) in [5.41, 5.74) is 0.352. The second kappa shape index (κ2) is 6.19. The van der Waals surface area contributed by atoms with Crippen molar-refractivity contribution in [3.8, 4) is 0 Å². The fraction of sp³-hybridized carbons (Fsp3) is 0. The highest BCUT2D eigenvalue weighted by Crippen LogP contribution is 2.30. The van der Waals surface area contributed by atoms with Crippen LogP contribution in [-0.4, -0.2) is 13.4 Å². The SMILES string of the molecule is O=S(=O)(Nc1ccc(Cl)cc1Br)c1cc(Br)cnc1Cl. The number of hydrogen-bond acceptors (Lipinski definition) is 3. The first-order valence-electron chi connectivity index (χ1n) is 5.08. The number of benzene rings is 1. The van der Waals surface area contributed by atoms with E-state index in [0.717, 1.165) is 0 Å². The van der Waals surface area contributed by atoms with Crippen molar-refractivity contribution in [1.29, 1.82) is 0 Å². The molecule has 0 bridgehead atoms. The standard InChI is InChI=1S/C11H6Br2Cl2N2O2S/c12-6-3-10(11(15)16-5-6)20(18,19)17-9-2-1-7(14)4-8(9)13/h1-5,17H. The summed E-state index contributed by atoms with van der Waals surface area (Å²) in [4.78, 5) is 3.67. The van der Waals surface area contributed by atoms with Gasteiger partial charge in [-0.25, -0.2) is 13.4 Å². The first-order chi connectivity index (χ1) is 9.29. The molecular weight excluding hydrogens is 455 g/mol. The maximum Gasteiger partial charge on any atom is 0.265 e. The molecule has 0 atom stereocenters. The quantitative estimate of drug-likeness (QED) is 0.674. The first kappa shape index (κ1) is 16.0. The lowest BCUT2D eigenvalue weighted by molar-refractivity contribution is 0.601. The minimum Gasteiger partial charge on any atom is -0.278 e. The molecule has 4 nitrogen and oxygen atoms in total. The van der Waals surface area contributed by atoms with Crippen LogP contribution in [0.2, 0.25) is 10.2 Å². The average Bonchev–Trinajstić information content (AvgIpc) is 2.35. The molecule has 1 N–H and O–H groups in total. The lowest BCUT2D eigenvalue weighted by Crippen LogP contribution is -2.14. The van der Waals surface area contributed by atoms with Gasteiger partial charge >= 0.3 is 0 Å². The van der Waals surface area contributed by atoms with Crippen molar-refractivity contribution in [2.45, 2.75) is 4.90 Å². The van der Waals surface area contributed by atoms with E-state index in [0.29, 0.717) is 19.7 Å². The van der Waals surface area contributed by atoms with E-state index in [1.165, 1.54) is 12.3 Å². The van der Waals surface area contributed by atoms with Crippen LogP contribution in [-0.2, 0) is 10.0 Å². The van der Waals surface area contributed by atoms with E-state index in [1.54, 1.807) is 18.2 Å². The molecule has 9 heteroatoms. The Morgan fingerprint density at radius 1 is 1.15 bits per heavy atom. The summed E-state index contributed by atoms with van der Waals surface area (Å²) in [5, 5.41) is 0.382. The molecule has 0 saturated carbocycles. The lowest BCUT2D eigenvalue weighted by Gasteiger charge is -2.11. The third-order valence-electron chi connectivity index (χ3n) is 2.24. The summed E-state index contributed by atoms with van der Waals surface area (Å²) in [6, 6.07) is 6.08. The molecule has 1 heterocycles. The summed E-state index contributed by atoms with van der Waals surface area (Å²) < 4.78 is 28.1. The van der Waals surface area contributed by atoms with Gasteiger partial charge in [0.15, 0.2) is 0 Å². The summed E-state index contributed by atoms with van der Waals surface area (Å²) in [6.45, 7) is 0. The van der Waals surface area contributed by atoms with Crippen molar-refractivity contribution in [3.05, 3.63) is 49.6 Å². The van der Waals surface area contributed by atoms with Crippen molar-refractivity contribution < 1.29 is 8.42 Å². The Morgan fingerprint density at radius 2 is 1.85 bits per heavy atom. The molecule has 2 aromatic rings. The van der Waals surface area contributed by atoms with Gasteiger partial charge in [-0.15, -0.1) is 0 Å². The van der Waals surface area contributed by atoms with Crippen LogP contribution >= 0.6 is 55.1 Å². The number of pyridine rings is 1. The van der Waals surface area contributed by atoms with Crippen molar-refractivity contribution in [3.63, 3.8) is 0 Å². The van der Waals surface area contributed by atoms with E-state index in [4.69, 9.17) is 23.2 Å². The van der Waals surface area contributed by atoms with Gasteiger partial charge in [0.2, 0.25) is 0 Å². The van der Waals surface area contributed by atoms with Gasteiger partial charge in [0.25, 0.3) is 10.0 Å². The van der Waals surface area contributed by atoms with Crippen LogP contribution in [0.25, 0.3) is 0 Å². The number of rotatable bonds is 3. The molecule has 0 aliphatic carbocycles. The van der Waals surface area contributed by atoms with Crippen molar-refractivity contribution in [1.82, 2.24) is 4.98 Å². The Balaban J connectivity index is 2.43. The molecule has 0 fully saturated rings. The predicted molar refractivity (Wildman–Crippen MR) is 86.9 cm³/mol. The molecule has 0 aliphatic rings. The molecule has 0 saturated heterocycles. The van der Waals surface area contributed by atoms with Crippen LogP contribution in [0.1, 0.15) is 0 Å². The fourth-order valence-electron chi connectivity index (χ4n) is 1.36. The monoisotopic (exact) mass is 458 g/mol. The molecular formula is C11H6Br2Cl2N2O2S. The van der Waals surface area contributed by atoms with Crippen LogP contribution in [0, 0.1) is 0 Å². The third-order valence-corrected chi connectivity index (χ3v) is 5.36. The van der Waals surface area contributed by atoms with E-state index in [2.05, 4.69) is 41.6 Å². The highest BCUT2D eigenvalue weighted by Gasteiger charge is 2.20. The van der Waals surface area contributed by atoms with E-state index in [-0.39, 0.29) is 10.0 Å². The van der Waals surface area contributed by atoms with Crippen molar-refractivity contribution in [2.24, 2.45) is 0 Å². The molecule has 0 radical (unpaired) electrons. The number of nitrogens with zero attached hydrogens (tertiary/aromatic N) is 1. The van der Waals surface area contributed by atoms with Crippen molar-refractivity contribution >= 4 is 70.8 Å². The van der Waals surface area contributed by atoms with Gasteiger partial charge in [0.1, 0.15) is 10.0 Å². The van der Waals surface area contributed by atoms with Gasteiger partial charge in [-0.1, -0.05) is 23.2 Å². The summed E-state index contributed by atoms with van der Waals surface area (Å²) in [5.74, 6) is 0. The molecule has 1 aromatic heterocycles. The highest BCUT2D eigenvalue weighted by atomic mass is 79.9. The van der Waals surface area contributed by atoms with E-state index in [1.807, 2.05) is 0 Å². The second-order valence-corrected chi connectivity index (χ2v) is 7.89. The molecule has 0 aliphatic heterocycles. The third kappa shape index (κ3) is 3.65. The van der Waals surface area contributed by atoms with Crippen molar-refractivity contribution in [2.75, 3.05) is 4.72 Å². The summed E-state index contributed by atoms with van der Waals surface area (Å²) in [7, 11) is -3.85. The average molecular weight is 461 g/mol. The van der Waals surface area contributed by atoms with Gasteiger partial charge in [0.05, 0.1) is 5.69 Å². The Hall–Kier alpha value is -0.340. The number of hydrogen-bond donors (Lipinski definition) is 1. The molecule has 106 valence electrons. The van der Waals surface area contributed by atoms with E-state index in [9.17, 15) is 8.42 Å². The van der Waals surface area contributed by atoms with Gasteiger partial charge in [-0.2, -0.15) is 0 Å². The van der Waals surface area contributed by atoms with Crippen LogP contribution < -0.4 is 4.72 Å². The Bertz CT molecular complexity index is 769. The number of anilines is 1. The van der Waals surface area contributed by atoms with Gasteiger partial charge < -0.3 is 0 Å². The fourth-order valence-corrected chi connectivity index (χ4v) is 4.30. The highest BCUT2D eigenvalue weighted by molar-refractivity contribution is 9.10. The van der Waals surface area contributed by atoms with Crippen LogP contribution in [0.5, 0.6) is 0 Å². The summed E-state index contributed by atoms with van der Waals surface area (Å²) in [6.07, 6.45) is 1.42. The topological polar surface area (TPSA) is 59.1 Å². The minimum atomic E-state index is -3.85. The molecule has 0 amide bonds. The Labute approximate surface area is 142 Å². The summed E-state index contributed by atoms with van der Waals surface area (Å²) >= 11 is 18.0. The smallest absolute Gasteiger partial charge is 0.265 e.